The standard InChI is InChI=1S/C16H18N2O5/c1-9-7-12-14(8-10(2)17(12)16(19)22-3)23-13-6-4-5-11(15(9)13)18(20)21/h4-6,10,12,14H,1,7-8H2,2-3H3/t10-,12?,14?/m1/s1. The van der Waals surface area contributed by atoms with Gasteiger partial charge in [0.25, 0.3) is 5.69 Å². The predicted octanol–water partition coefficient (Wildman–Crippen LogP) is 2.99. The third-order valence-corrected chi connectivity index (χ3v) is 4.51. The highest BCUT2D eigenvalue weighted by Gasteiger charge is 2.46. The van der Waals surface area contributed by atoms with Crippen LogP contribution < -0.4 is 4.74 Å². The molecule has 3 rings (SSSR count). The Morgan fingerprint density at radius 3 is 2.91 bits per heavy atom. The van der Waals surface area contributed by atoms with Crippen molar-refractivity contribution in [1.82, 2.24) is 4.90 Å². The second kappa shape index (κ2) is 5.57. The van der Waals surface area contributed by atoms with Gasteiger partial charge in [0.2, 0.25) is 0 Å². The zero-order valence-electron chi connectivity index (χ0n) is 13.0. The van der Waals surface area contributed by atoms with Crippen molar-refractivity contribution in [3.8, 4) is 5.75 Å². The Labute approximate surface area is 133 Å². The Morgan fingerprint density at radius 1 is 1.52 bits per heavy atom. The van der Waals surface area contributed by atoms with Crippen molar-refractivity contribution in [2.45, 2.75) is 38.0 Å². The molecule has 1 saturated heterocycles. The molecule has 7 nitrogen and oxygen atoms in total. The summed E-state index contributed by atoms with van der Waals surface area (Å²) in [6.07, 6.45) is 0.419. The van der Waals surface area contributed by atoms with Crippen LogP contribution in [0, 0.1) is 10.1 Å². The van der Waals surface area contributed by atoms with E-state index in [0.717, 1.165) is 0 Å². The van der Waals surface area contributed by atoms with Crippen LogP contribution in [0.5, 0.6) is 5.75 Å². The summed E-state index contributed by atoms with van der Waals surface area (Å²) >= 11 is 0. The average molecular weight is 318 g/mol. The van der Waals surface area contributed by atoms with Gasteiger partial charge >= 0.3 is 6.09 Å². The van der Waals surface area contributed by atoms with E-state index in [4.69, 9.17) is 9.47 Å². The Hall–Kier alpha value is -2.57. The zero-order valence-corrected chi connectivity index (χ0v) is 13.0. The second-order valence-corrected chi connectivity index (χ2v) is 5.90. The van der Waals surface area contributed by atoms with Crippen molar-refractivity contribution >= 4 is 17.4 Å². The van der Waals surface area contributed by atoms with Crippen LogP contribution in [-0.4, -0.2) is 41.2 Å². The molecule has 0 spiro atoms. The minimum Gasteiger partial charge on any atom is -0.487 e. The number of fused-ring (bicyclic) bond motifs is 2. The van der Waals surface area contributed by atoms with Gasteiger partial charge in [0.05, 0.1) is 23.6 Å². The van der Waals surface area contributed by atoms with Crippen LogP contribution in [-0.2, 0) is 4.74 Å². The lowest BCUT2D eigenvalue weighted by Crippen LogP contribution is -2.43. The summed E-state index contributed by atoms with van der Waals surface area (Å²) in [6, 6.07) is 4.49. The molecule has 7 heteroatoms. The summed E-state index contributed by atoms with van der Waals surface area (Å²) in [6.45, 7) is 5.94. The molecule has 2 aliphatic heterocycles. The first-order chi connectivity index (χ1) is 10.9. The van der Waals surface area contributed by atoms with Gasteiger partial charge in [0.15, 0.2) is 0 Å². The maximum atomic E-state index is 12.1. The van der Waals surface area contributed by atoms with Crippen LogP contribution in [0.3, 0.4) is 0 Å². The highest BCUT2D eigenvalue weighted by atomic mass is 16.6. The molecule has 0 aromatic heterocycles. The van der Waals surface area contributed by atoms with Crippen molar-refractivity contribution < 1.29 is 19.2 Å². The lowest BCUT2D eigenvalue weighted by Gasteiger charge is -2.27. The number of methoxy groups -OCH3 is 1. The first-order valence-electron chi connectivity index (χ1n) is 7.42. The molecule has 1 aromatic rings. The molecule has 1 aromatic carbocycles. The van der Waals surface area contributed by atoms with Crippen molar-refractivity contribution in [3.05, 3.63) is 40.5 Å². The lowest BCUT2D eigenvalue weighted by molar-refractivity contribution is -0.385. The Morgan fingerprint density at radius 2 is 2.26 bits per heavy atom. The fraction of sp³-hybridized carbons (Fsp3) is 0.438. The van der Waals surface area contributed by atoms with E-state index in [1.54, 1.807) is 17.0 Å². The topological polar surface area (TPSA) is 81.9 Å². The molecule has 0 aliphatic carbocycles. The van der Waals surface area contributed by atoms with Gasteiger partial charge in [-0.05, 0) is 25.0 Å². The molecule has 3 atom stereocenters. The van der Waals surface area contributed by atoms with Gasteiger partial charge in [-0.15, -0.1) is 0 Å². The molecule has 0 N–H and O–H groups in total. The van der Waals surface area contributed by atoms with Gasteiger partial charge in [0.1, 0.15) is 11.9 Å². The van der Waals surface area contributed by atoms with Crippen molar-refractivity contribution in [1.29, 1.82) is 0 Å². The molecule has 122 valence electrons. The number of hydrogen-bond acceptors (Lipinski definition) is 5. The van der Waals surface area contributed by atoms with E-state index < -0.39 is 11.0 Å². The summed E-state index contributed by atoms with van der Waals surface area (Å²) in [5.74, 6) is 0.454. The van der Waals surface area contributed by atoms with E-state index in [-0.39, 0.29) is 23.9 Å². The Balaban J connectivity index is 2.02. The van der Waals surface area contributed by atoms with Gasteiger partial charge in [-0.1, -0.05) is 12.6 Å². The number of carbonyl (C=O) groups is 1. The maximum absolute atomic E-state index is 12.1. The number of benzene rings is 1. The summed E-state index contributed by atoms with van der Waals surface area (Å²) in [5, 5.41) is 11.3. The van der Waals surface area contributed by atoms with E-state index in [1.807, 2.05) is 6.92 Å². The van der Waals surface area contributed by atoms with E-state index in [0.29, 0.717) is 29.7 Å². The lowest BCUT2D eigenvalue weighted by atomic mass is 9.97. The fourth-order valence-corrected chi connectivity index (χ4v) is 3.53. The van der Waals surface area contributed by atoms with Crippen LogP contribution in [0.4, 0.5) is 10.5 Å². The highest BCUT2D eigenvalue weighted by Crippen LogP contribution is 2.43. The third kappa shape index (κ3) is 2.42. The molecule has 0 radical (unpaired) electrons. The summed E-state index contributed by atoms with van der Waals surface area (Å²) in [5.41, 5.74) is 0.998. The Kier molecular flexibility index (Phi) is 3.71. The molecule has 1 amide bonds. The summed E-state index contributed by atoms with van der Waals surface area (Å²) in [4.78, 5) is 24.5. The van der Waals surface area contributed by atoms with Crippen LogP contribution in [0.1, 0.15) is 25.3 Å². The molecule has 2 unspecified atom stereocenters. The molecule has 0 saturated carbocycles. The Bertz CT molecular complexity index is 687. The van der Waals surface area contributed by atoms with Gasteiger partial charge in [-0.3, -0.25) is 15.0 Å². The molecule has 1 fully saturated rings. The number of ether oxygens (including phenoxy) is 2. The number of amides is 1. The van der Waals surface area contributed by atoms with Crippen LogP contribution in [0.2, 0.25) is 0 Å². The molecule has 0 bridgehead atoms. The number of likely N-dealkylation sites (tertiary alicyclic amines) is 1. The second-order valence-electron chi connectivity index (χ2n) is 5.90. The van der Waals surface area contributed by atoms with Crippen molar-refractivity contribution in [2.24, 2.45) is 0 Å². The smallest absolute Gasteiger partial charge is 0.410 e. The van der Waals surface area contributed by atoms with Crippen LogP contribution in [0.15, 0.2) is 24.8 Å². The number of nitrogens with zero attached hydrogens (tertiary/aromatic N) is 2. The first-order valence-corrected chi connectivity index (χ1v) is 7.42. The normalized spacial score (nSPS) is 25.9. The van der Waals surface area contributed by atoms with Gasteiger partial charge < -0.3 is 9.47 Å². The van der Waals surface area contributed by atoms with Gasteiger partial charge in [0, 0.05) is 18.5 Å². The molecule has 23 heavy (non-hydrogen) atoms. The average Bonchev–Trinajstić information content (AvgIpc) is 2.73. The van der Waals surface area contributed by atoms with Gasteiger partial charge in [-0.25, -0.2) is 4.79 Å². The molecule has 2 heterocycles. The minimum absolute atomic E-state index is 0.0227. The number of carbonyl (C=O) groups excluding carboxylic acids is 1. The van der Waals surface area contributed by atoms with E-state index in [1.165, 1.54) is 13.2 Å². The molecular weight excluding hydrogens is 300 g/mol. The number of nitro benzene ring substituents is 1. The molecular formula is C16H18N2O5. The van der Waals surface area contributed by atoms with Gasteiger partial charge in [-0.2, -0.15) is 0 Å². The third-order valence-electron chi connectivity index (χ3n) is 4.51. The number of rotatable bonds is 1. The maximum Gasteiger partial charge on any atom is 0.410 e. The highest BCUT2D eigenvalue weighted by molar-refractivity contribution is 5.78. The number of nitro groups is 1. The van der Waals surface area contributed by atoms with E-state index in [9.17, 15) is 14.9 Å². The summed E-state index contributed by atoms with van der Waals surface area (Å²) < 4.78 is 10.9. The predicted molar refractivity (Wildman–Crippen MR) is 83.3 cm³/mol. The molecule has 2 aliphatic rings. The number of hydrogen-bond donors (Lipinski definition) is 0. The monoisotopic (exact) mass is 318 g/mol. The van der Waals surface area contributed by atoms with Crippen LogP contribution >= 0.6 is 0 Å². The summed E-state index contributed by atoms with van der Waals surface area (Å²) in [7, 11) is 1.34. The SMILES string of the molecule is C=C1CC2C(C[C@@H](C)N2C(=O)OC)Oc2cccc([N+](=O)[O-])c21. The fourth-order valence-electron chi connectivity index (χ4n) is 3.53. The zero-order chi connectivity index (χ0) is 16.7. The minimum atomic E-state index is -0.435. The van der Waals surface area contributed by atoms with Crippen molar-refractivity contribution in [2.75, 3.05) is 7.11 Å². The van der Waals surface area contributed by atoms with Crippen molar-refractivity contribution in [3.63, 3.8) is 0 Å². The quantitative estimate of drug-likeness (QED) is 0.587. The van der Waals surface area contributed by atoms with E-state index >= 15 is 0 Å². The first kappa shape index (κ1) is 15.3. The largest absolute Gasteiger partial charge is 0.487 e. The van der Waals surface area contributed by atoms with E-state index in [2.05, 4.69) is 6.58 Å². The van der Waals surface area contributed by atoms with Crippen LogP contribution in [0.25, 0.3) is 5.57 Å².